The van der Waals surface area contributed by atoms with Gasteiger partial charge in [0.05, 0.1) is 36.3 Å². The standard InChI is InChI=1S/C30H35ClN4O6S/c1-2-40-30(37)23-11-13-26(14-12-23)41-28-27(20-32-35(29(28)36)25-10-6-9-24(31)19-25)33-15-17-34(18-16-33)42(38,39)21-22-7-4-3-5-8-22/h3-10,19-20,23,26H,2,11-18,21H2,1H3. The maximum absolute atomic E-state index is 13.8. The van der Waals surface area contributed by atoms with Gasteiger partial charge in [0, 0.05) is 31.2 Å². The molecule has 1 aromatic heterocycles. The van der Waals surface area contributed by atoms with E-state index in [1.807, 2.05) is 23.1 Å². The van der Waals surface area contributed by atoms with Crippen molar-refractivity contribution in [3.05, 3.63) is 81.7 Å². The summed E-state index contributed by atoms with van der Waals surface area (Å²) < 4.78 is 40.5. The van der Waals surface area contributed by atoms with Gasteiger partial charge < -0.3 is 14.4 Å². The number of hydrogen-bond acceptors (Lipinski definition) is 8. The van der Waals surface area contributed by atoms with Crippen molar-refractivity contribution < 1.29 is 22.7 Å². The number of nitrogens with zero attached hydrogens (tertiary/aromatic N) is 4. The summed E-state index contributed by atoms with van der Waals surface area (Å²) >= 11 is 6.18. The smallest absolute Gasteiger partial charge is 0.316 e. The highest BCUT2D eigenvalue weighted by molar-refractivity contribution is 7.88. The van der Waals surface area contributed by atoms with Crippen LogP contribution in [0.25, 0.3) is 5.69 Å². The molecule has 10 nitrogen and oxygen atoms in total. The molecule has 0 amide bonds. The van der Waals surface area contributed by atoms with E-state index in [9.17, 15) is 18.0 Å². The van der Waals surface area contributed by atoms with Gasteiger partial charge in [0.2, 0.25) is 15.8 Å². The number of carbonyl (C=O) groups is 1. The maximum Gasteiger partial charge on any atom is 0.316 e. The minimum Gasteiger partial charge on any atom is -0.483 e. The molecule has 5 rings (SSSR count). The predicted octanol–water partition coefficient (Wildman–Crippen LogP) is 4.04. The molecule has 0 N–H and O–H groups in total. The molecule has 2 aliphatic rings. The van der Waals surface area contributed by atoms with E-state index < -0.39 is 15.6 Å². The van der Waals surface area contributed by atoms with Gasteiger partial charge in [-0.25, -0.2) is 8.42 Å². The summed E-state index contributed by atoms with van der Waals surface area (Å²) in [5, 5.41) is 4.90. The minimum atomic E-state index is -3.50. The van der Waals surface area contributed by atoms with E-state index in [0.29, 0.717) is 61.8 Å². The Labute approximate surface area is 250 Å². The minimum absolute atomic E-state index is 0.0616. The SMILES string of the molecule is CCOC(=O)C1CCC(Oc2c(N3CCN(S(=O)(=O)Cc4ccccc4)CC3)cnn(-c3cccc(Cl)c3)c2=O)CC1. The molecule has 0 bridgehead atoms. The lowest BCUT2D eigenvalue weighted by atomic mass is 9.87. The highest BCUT2D eigenvalue weighted by Gasteiger charge is 2.32. The van der Waals surface area contributed by atoms with E-state index in [4.69, 9.17) is 21.1 Å². The summed E-state index contributed by atoms with van der Waals surface area (Å²) in [5.74, 6) is -0.265. The second kappa shape index (κ2) is 13.3. The van der Waals surface area contributed by atoms with E-state index in [1.165, 1.54) is 8.99 Å². The molecule has 1 saturated heterocycles. The Hall–Kier alpha value is -3.41. The first-order chi connectivity index (χ1) is 20.2. The number of esters is 1. The van der Waals surface area contributed by atoms with Crippen LogP contribution in [0.3, 0.4) is 0 Å². The molecular formula is C30H35ClN4O6S. The molecule has 0 atom stereocenters. The van der Waals surface area contributed by atoms with Crippen molar-refractivity contribution in [1.29, 1.82) is 0 Å². The third kappa shape index (κ3) is 6.96. The first kappa shape index (κ1) is 30.1. The lowest BCUT2D eigenvalue weighted by molar-refractivity contribution is -0.149. The number of aromatic nitrogens is 2. The Morgan fingerprint density at radius 3 is 2.38 bits per heavy atom. The van der Waals surface area contributed by atoms with Crippen molar-refractivity contribution in [3.63, 3.8) is 0 Å². The topological polar surface area (TPSA) is 111 Å². The van der Waals surface area contributed by atoms with Crippen LogP contribution in [0.1, 0.15) is 38.2 Å². The average Bonchev–Trinajstić information content (AvgIpc) is 2.99. The number of ether oxygens (including phenoxy) is 2. The number of benzene rings is 2. The molecule has 3 aromatic rings. The van der Waals surface area contributed by atoms with Crippen molar-refractivity contribution in [2.75, 3.05) is 37.7 Å². The molecule has 0 unspecified atom stereocenters. The average molecular weight is 615 g/mol. The summed E-state index contributed by atoms with van der Waals surface area (Å²) in [6, 6.07) is 16.0. The van der Waals surface area contributed by atoms with E-state index in [-0.39, 0.29) is 42.6 Å². The zero-order valence-electron chi connectivity index (χ0n) is 23.5. The van der Waals surface area contributed by atoms with Gasteiger partial charge >= 0.3 is 11.5 Å². The molecule has 0 spiro atoms. The van der Waals surface area contributed by atoms with Gasteiger partial charge in [-0.3, -0.25) is 9.59 Å². The molecule has 12 heteroatoms. The Balaban J connectivity index is 1.36. The van der Waals surface area contributed by atoms with Gasteiger partial charge in [-0.2, -0.15) is 14.1 Å². The molecule has 2 aromatic carbocycles. The summed E-state index contributed by atoms with van der Waals surface area (Å²) in [7, 11) is -3.50. The number of sulfonamides is 1. The largest absolute Gasteiger partial charge is 0.483 e. The van der Waals surface area contributed by atoms with Crippen molar-refractivity contribution >= 4 is 33.3 Å². The maximum atomic E-state index is 13.8. The first-order valence-electron chi connectivity index (χ1n) is 14.2. The second-order valence-electron chi connectivity index (χ2n) is 10.5. The van der Waals surface area contributed by atoms with Crippen molar-refractivity contribution in [2.45, 2.75) is 44.5 Å². The van der Waals surface area contributed by atoms with Gasteiger partial charge in [0.25, 0.3) is 0 Å². The van der Waals surface area contributed by atoms with Gasteiger partial charge in [-0.1, -0.05) is 48.0 Å². The monoisotopic (exact) mass is 614 g/mol. The van der Waals surface area contributed by atoms with Crippen LogP contribution in [-0.4, -0.2) is 67.4 Å². The quantitative estimate of drug-likeness (QED) is 0.332. The molecule has 0 radical (unpaired) electrons. The Kier molecular flexibility index (Phi) is 9.50. The Bertz CT molecular complexity index is 1550. The highest BCUT2D eigenvalue weighted by atomic mass is 35.5. The van der Waals surface area contributed by atoms with Gasteiger partial charge in [-0.15, -0.1) is 0 Å². The van der Waals surface area contributed by atoms with E-state index >= 15 is 0 Å². The van der Waals surface area contributed by atoms with Crippen LogP contribution in [0.5, 0.6) is 5.75 Å². The lowest BCUT2D eigenvalue weighted by Gasteiger charge is -2.36. The predicted molar refractivity (Wildman–Crippen MR) is 161 cm³/mol. The molecule has 42 heavy (non-hydrogen) atoms. The number of anilines is 1. The highest BCUT2D eigenvalue weighted by Crippen LogP contribution is 2.32. The molecular weight excluding hydrogens is 580 g/mol. The summed E-state index contributed by atoms with van der Waals surface area (Å²) in [5.41, 5.74) is 1.33. The summed E-state index contributed by atoms with van der Waals surface area (Å²) in [4.78, 5) is 28.0. The molecule has 1 aliphatic heterocycles. The normalized spacial score (nSPS) is 19.8. The zero-order valence-corrected chi connectivity index (χ0v) is 25.1. The van der Waals surface area contributed by atoms with E-state index in [2.05, 4.69) is 5.10 Å². The number of piperazine rings is 1. The third-order valence-electron chi connectivity index (χ3n) is 7.71. The zero-order chi connectivity index (χ0) is 29.7. The van der Waals surface area contributed by atoms with E-state index in [1.54, 1.807) is 49.5 Å². The molecule has 2 heterocycles. The lowest BCUT2D eigenvalue weighted by Crippen LogP contribution is -2.49. The van der Waals surface area contributed by atoms with Crippen LogP contribution >= 0.6 is 11.6 Å². The molecule has 1 aliphatic carbocycles. The van der Waals surface area contributed by atoms with Gasteiger partial charge in [0.1, 0.15) is 5.69 Å². The first-order valence-corrected chi connectivity index (χ1v) is 16.2. The van der Waals surface area contributed by atoms with Crippen LogP contribution in [0.4, 0.5) is 5.69 Å². The van der Waals surface area contributed by atoms with Gasteiger partial charge in [-0.05, 0) is 56.4 Å². The third-order valence-corrected chi connectivity index (χ3v) is 9.80. The second-order valence-corrected chi connectivity index (χ2v) is 12.9. The van der Waals surface area contributed by atoms with Crippen LogP contribution < -0.4 is 15.2 Å². The van der Waals surface area contributed by atoms with Crippen molar-refractivity contribution in [1.82, 2.24) is 14.1 Å². The Morgan fingerprint density at radius 2 is 1.71 bits per heavy atom. The fourth-order valence-corrected chi connectivity index (χ4v) is 7.18. The van der Waals surface area contributed by atoms with Crippen LogP contribution in [-0.2, 0) is 25.3 Å². The van der Waals surface area contributed by atoms with Crippen molar-refractivity contribution in [3.8, 4) is 11.4 Å². The molecule has 2 fully saturated rings. The number of rotatable bonds is 9. The number of carbonyl (C=O) groups excluding carboxylic acids is 1. The van der Waals surface area contributed by atoms with Crippen LogP contribution in [0.15, 0.2) is 65.6 Å². The fourth-order valence-electron chi connectivity index (χ4n) is 5.48. The van der Waals surface area contributed by atoms with Crippen molar-refractivity contribution in [2.24, 2.45) is 5.92 Å². The van der Waals surface area contributed by atoms with E-state index in [0.717, 1.165) is 5.56 Å². The Morgan fingerprint density at radius 1 is 1.00 bits per heavy atom. The molecule has 1 saturated carbocycles. The van der Waals surface area contributed by atoms with Crippen LogP contribution in [0.2, 0.25) is 5.02 Å². The number of hydrogen-bond donors (Lipinski definition) is 0. The molecule has 224 valence electrons. The van der Waals surface area contributed by atoms with Gasteiger partial charge in [0.15, 0.2) is 0 Å². The summed E-state index contributed by atoms with van der Waals surface area (Å²) in [6.45, 7) is 3.44. The summed E-state index contributed by atoms with van der Waals surface area (Å²) in [6.07, 6.45) is 3.77. The van der Waals surface area contributed by atoms with Crippen LogP contribution in [0, 0.1) is 5.92 Å². The number of halogens is 1. The fraction of sp³-hybridized carbons (Fsp3) is 0.433.